The molecule has 0 radical (unpaired) electrons. The summed E-state index contributed by atoms with van der Waals surface area (Å²) in [6, 6.07) is 18.4. The average Bonchev–Trinajstić information content (AvgIpc) is 3.17. The van der Waals surface area contributed by atoms with Crippen LogP contribution in [0.2, 0.25) is 0 Å². The molecule has 2 fully saturated rings. The van der Waals surface area contributed by atoms with Crippen molar-refractivity contribution in [1.29, 1.82) is 0 Å². The van der Waals surface area contributed by atoms with Crippen LogP contribution in [0.3, 0.4) is 0 Å². The molecule has 174 valence electrons. The molecule has 0 aromatic heterocycles. The van der Waals surface area contributed by atoms with Gasteiger partial charge in [0.05, 0.1) is 0 Å². The number of piperazine rings is 1. The van der Waals surface area contributed by atoms with Crippen LogP contribution < -0.4 is 5.73 Å². The number of rotatable bonds is 10. The second-order valence-electron chi connectivity index (χ2n) is 8.66. The van der Waals surface area contributed by atoms with E-state index < -0.39 is 24.3 Å². The van der Waals surface area contributed by atoms with E-state index in [2.05, 4.69) is 12.1 Å². The largest absolute Gasteiger partial charge is 0.430 e. The molecule has 0 aliphatic carbocycles. The van der Waals surface area contributed by atoms with Crippen LogP contribution in [0, 0.1) is 0 Å². The van der Waals surface area contributed by atoms with Gasteiger partial charge in [0.1, 0.15) is 12.1 Å². The Morgan fingerprint density at radius 1 is 0.788 bits per heavy atom. The van der Waals surface area contributed by atoms with Crippen molar-refractivity contribution in [3.63, 3.8) is 0 Å². The zero-order chi connectivity index (χ0) is 23.2. The molecule has 4 rings (SSSR count). The summed E-state index contributed by atoms with van der Waals surface area (Å²) in [4.78, 5) is 42.7. The number of aryl methyl sites for hydroxylation is 1. The van der Waals surface area contributed by atoms with E-state index in [1.807, 2.05) is 48.5 Å². The number of nitrogens with two attached hydrogens (primary N) is 1. The standard InChI is InChI=1S/C26H31N3O4/c27-16-8-7-15-21-26(32)33-25-24(31)28(17-9-14-19-10-3-1-4-11-19)22(23(30)29(21)25)18-20-12-5-2-6-13-20/h1-6,10-13,21-22,25H,7-9,14-18,27H2. The Morgan fingerprint density at radius 2 is 1.45 bits per heavy atom. The molecule has 2 heterocycles. The highest BCUT2D eigenvalue weighted by Gasteiger charge is 2.56. The second-order valence-corrected chi connectivity index (χ2v) is 8.66. The number of unbranched alkanes of at least 4 members (excludes halogenated alkanes) is 1. The number of hydrogen-bond acceptors (Lipinski definition) is 5. The maximum Gasteiger partial charge on any atom is 0.331 e. The Kier molecular flexibility index (Phi) is 7.40. The van der Waals surface area contributed by atoms with Gasteiger partial charge in [0.15, 0.2) is 0 Å². The van der Waals surface area contributed by atoms with E-state index in [1.165, 1.54) is 10.5 Å². The molecule has 3 atom stereocenters. The number of amides is 2. The lowest BCUT2D eigenvalue weighted by Crippen LogP contribution is -2.65. The van der Waals surface area contributed by atoms with Crippen molar-refractivity contribution in [2.45, 2.75) is 56.8 Å². The van der Waals surface area contributed by atoms with Gasteiger partial charge in [0, 0.05) is 13.0 Å². The molecule has 3 unspecified atom stereocenters. The van der Waals surface area contributed by atoms with E-state index in [0.717, 1.165) is 24.8 Å². The highest BCUT2D eigenvalue weighted by atomic mass is 16.6. The molecule has 0 spiro atoms. The first-order valence-electron chi connectivity index (χ1n) is 11.7. The van der Waals surface area contributed by atoms with Crippen LogP contribution >= 0.6 is 0 Å². The number of hydrogen-bond donors (Lipinski definition) is 1. The zero-order valence-corrected chi connectivity index (χ0v) is 18.8. The topological polar surface area (TPSA) is 92.9 Å². The SMILES string of the molecule is NCCCCC1C(=O)OC2C(=O)N(CCCc3ccccc3)C(Cc3ccccc3)C(=O)N12. The Labute approximate surface area is 194 Å². The molecule has 33 heavy (non-hydrogen) atoms. The lowest BCUT2D eigenvalue weighted by molar-refractivity contribution is -0.173. The van der Waals surface area contributed by atoms with Gasteiger partial charge >= 0.3 is 5.97 Å². The predicted molar refractivity (Wildman–Crippen MR) is 124 cm³/mol. The number of nitrogens with zero attached hydrogens (tertiary/aromatic N) is 2. The quantitative estimate of drug-likeness (QED) is 0.444. The van der Waals surface area contributed by atoms with Gasteiger partial charge in [-0.1, -0.05) is 60.7 Å². The van der Waals surface area contributed by atoms with E-state index in [1.54, 1.807) is 4.90 Å². The van der Waals surface area contributed by atoms with Crippen LogP contribution in [0.5, 0.6) is 0 Å². The molecule has 7 heteroatoms. The van der Waals surface area contributed by atoms with E-state index in [9.17, 15) is 14.4 Å². The summed E-state index contributed by atoms with van der Waals surface area (Å²) in [6.45, 7) is 0.945. The minimum Gasteiger partial charge on any atom is -0.430 e. The van der Waals surface area contributed by atoms with Crippen LogP contribution in [-0.2, 0) is 32.0 Å². The molecular formula is C26H31N3O4. The van der Waals surface area contributed by atoms with Crippen molar-refractivity contribution in [2.24, 2.45) is 5.73 Å². The van der Waals surface area contributed by atoms with Crippen molar-refractivity contribution >= 4 is 17.8 Å². The van der Waals surface area contributed by atoms with Crippen molar-refractivity contribution in [1.82, 2.24) is 9.80 Å². The molecule has 2 N–H and O–H groups in total. The molecule has 2 aliphatic rings. The highest BCUT2D eigenvalue weighted by Crippen LogP contribution is 2.31. The Morgan fingerprint density at radius 3 is 2.12 bits per heavy atom. The van der Waals surface area contributed by atoms with Crippen molar-refractivity contribution in [3.8, 4) is 0 Å². The normalized spacial score (nSPS) is 22.5. The van der Waals surface area contributed by atoms with Gasteiger partial charge in [-0.05, 0) is 49.8 Å². The predicted octanol–water partition coefficient (Wildman–Crippen LogP) is 2.28. The zero-order valence-electron chi connectivity index (χ0n) is 18.8. The summed E-state index contributed by atoms with van der Waals surface area (Å²) in [5.41, 5.74) is 7.74. The minimum atomic E-state index is -1.16. The Bertz CT molecular complexity index is 966. The minimum absolute atomic E-state index is 0.216. The van der Waals surface area contributed by atoms with Gasteiger partial charge in [0.2, 0.25) is 5.91 Å². The molecule has 7 nitrogen and oxygen atoms in total. The maximum absolute atomic E-state index is 13.7. The lowest BCUT2D eigenvalue weighted by Gasteiger charge is -2.42. The molecule has 0 bridgehead atoms. The molecular weight excluding hydrogens is 418 g/mol. The number of carbonyl (C=O) groups excluding carboxylic acids is 3. The van der Waals surface area contributed by atoms with Gasteiger partial charge in [-0.2, -0.15) is 0 Å². The van der Waals surface area contributed by atoms with Crippen LogP contribution in [0.25, 0.3) is 0 Å². The third-order valence-corrected chi connectivity index (χ3v) is 6.41. The lowest BCUT2D eigenvalue weighted by atomic mass is 9.98. The van der Waals surface area contributed by atoms with Crippen LogP contribution in [0.15, 0.2) is 60.7 Å². The van der Waals surface area contributed by atoms with Crippen molar-refractivity contribution < 1.29 is 19.1 Å². The van der Waals surface area contributed by atoms with Crippen LogP contribution in [-0.4, -0.2) is 59.0 Å². The van der Waals surface area contributed by atoms with Crippen molar-refractivity contribution in [3.05, 3.63) is 71.8 Å². The second kappa shape index (κ2) is 10.6. The number of ether oxygens (including phenoxy) is 1. The first-order chi connectivity index (χ1) is 16.1. The summed E-state index contributed by atoms with van der Waals surface area (Å²) in [6.07, 6.45) is 2.67. The van der Waals surface area contributed by atoms with Gasteiger partial charge in [-0.3, -0.25) is 14.5 Å². The third-order valence-electron chi connectivity index (χ3n) is 6.41. The molecule has 2 amide bonds. The van der Waals surface area contributed by atoms with E-state index in [-0.39, 0.29) is 11.8 Å². The first-order valence-corrected chi connectivity index (χ1v) is 11.7. The average molecular weight is 450 g/mol. The number of benzene rings is 2. The molecule has 2 aromatic rings. The first kappa shape index (κ1) is 23.0. The fraction of sp³-hybridized carbons (Fsp3) is 0.423. The summed E-state index contributed by atoms with van der Waals surface area (Å²) >= 11 is 0. The molecule has 2 saturated heterocycles. The molecule has 0 saturated carbocycles. The Balaban J connectivity index is 1.54. The van der Waals surface area contributed by atoms with Crippen LogP contribution in [0.1, 0.15) is 36.8 Å². The van der Waals surface area contributed by atoms with E-state index in [4.69, 9.17) is 10.5 Å². The summed E-state index contributed by atoms with van der Waals surface area (Å²) < 4.78 is 5.43. The van der Waals surface area contributed by atoms with Crippen molar-refractivity contribution in [2.75, 3.05) is 13.1 Å². The highest BCUT2D eigenvalue weighted by molar-refractivity contribution is 6.01. The molecule has 2 aromatic carbocycles. The fourth-order valence-corrected chi connectivity index (χ4v) is 4.70. The number of carbonyl (C=O) groups is 3. The number of fused-ring (bicyclic) bond motifs is 1. The van der Waals surface area contributed by atoms with Gasteiger partial charge in [0.25, 0.3) is 12.1 Å². The number of esters is 1. The van der Waals surface area contributed by atoms with E-state index >= 15 is 0 Å². The van der Waals surface area contributed by atoms with Gasteiger partial charge in [-0.25, -0.2) is 4.79 Å². The summed E-state index contributed by atoms with van der Waals surface area (Å²) in [5, 5.41) is 0. The van der Waals surface area contributed by atoms with E-state index in [0.29, 0.717) is 32.4 Å². The summed E-state index contributed by atoms with van der Waals surface area (Å²) in [5.74, 6) is -1.02. The van der Waals surface area contributed by atoms with Crippen LogP contribution in [0.4, 0.5) is 0 Å². The third kappa shape index (κ3) is 5.09. The Hall–Kier alpha value is -3.19. The molecule has 2 aliphatic heterocycles. The fourth-order valence-electron chi connectivity index (χ4n) is 4.70. The van der Waals surface area contributed by atoms with Gasteiger partial charge in [-0.15, -0.1) is 0 Å². The smallest absolute Gasteiger partial charge is 0.331 e. The maximum atomic E-state index is 13.7. The monoisotopic (exact) mass is 449 g/mol. The van der Waals surface area contributed by atoms with Gasteiger partial charge < -0.3 is 15.4 Å². The summed E-state index contributed by atoms with van der Waals surface area (Å²) in [7, 11) is 0.